The monoisotopic (exact) mass is 411 g/mol. The second-order valence-corrected chi connectivity index (χ2v) is 7.34. The van der Waals surface area contributed by atoms with Gasteiger partial charge in [0.25, 0.3) is 11.8 Å². The molecule has 3 aromatic rings. The van der Waals surface area contributed by atoms with Gasteiger partial charge >= 0.3 is 0 Å². The van der Waals surface area contributed by atoms with Gasteiger partial charge in [0.2, 0.25) is 0 Å². The van der Waals surface area contributed by atoms with Gasteiger partial charge in [-0.3, -0.25) is 14.7 Å². The molecule has 0 bridgehead atoms. The van der Waals surface area contributed by atoms with Gasteiger partial charge in [-0.15, -0.1) is 5.10 Å². The Hall–Kier alpha value is -3.76. The molecule has 1 fully saturated rings. The van der Waals surface area contributed by atoms with Crippen molar-refractivity contribution < 1.29 is 18.7 Å². The minimum atomic E-state index is -1.16. The minimum absolute atomic E-state index is 0.0149. The highest BCUT2D eigenvalue weighted by molar-refractivity contribution is 5.96. The van der Waals surface area contributed by atoms with Gasteiger partial charge in [-0.2, -0.15) is 5.10 Å². The van der Waals surface area contributed by atoms with Gasteiger partial charge in [0.05, 0.1) is 25.3 Å². The number of hydrogen-bond donors (Lipinski definition) is 2. The van der Waals surface area contributed by atoms with Crippen LogP contribution in [0.3, 0.4) is 0 Å². The molecule has 30 heavy (non-hydrogen) atoms. The molecule has 5 rings (SSSR count). The van der Waals surface area contributed by atoms with Crippen LogP contribution in [0.15, 0.2) is 30.5 Å². The lowest BCUT2D eigenvalue weighted by Crippen LogP contribution is -2.39. The van der Waals surface area contributed by atoms with E-state index in [-0.39, 0.29) is 43.4 Å². The van der Waals surface area contributed by atoms with Crippen LogP contribution < -0.4 is 10.5 Å². The third-order valence-corrected chi connectivity index (χ3v) is 5.41. The molecule has 0 saturated carbocycles. The van der Waals surface area contributed by atoms with Crippen LogP contribution in [-0.2, 0) is 13.2 Å². The molecule has 10 nitrogen and oxygen atoms in total. The van der Waals surface area contributed by atoms with Crippen molar-refractivity contribution in [1.29, 1.82) is 0 Å². The largest absolute Gasteiger partial charge is 0.488 e. The highest BCUT2D eigenvalue weighted by atomic mass is 19.1. The van der Waals surface area contributed by atoms with E-state index in [0.29, 0.717) is 17.0 Å². The van der Waals surface area contributed by atoms with Crippen molar-refractivity contribution in [3.63, 3.8) is 0 Å². The van der Waals surface area contributed by atoms with Gasteiger partial charge in [-0.05, 0) is 12.1 Å². The van der Waals surface area contributed by atoms with Crippen LogP contribution in [-0.4, -0.2) is 60.7 Å². The molecule has 0 radical (unpaired) electrons. The molecule has 2 unspecified atom stereocenters. The number of para-hydroxylation sites is 1. The number of H-pyrrole nitrogens is 1. The SMILES string of the molecule is NC(=O)c1cn(CC2CC(F)CN2C(=O)c2[nH]nc3c2COc2ccccc2-3)nn1. The average molecular weight is 411 g/mol. The van der Waals surface area contributed by atoms with Crippen molar-refractivity contribution in [2.75, 3.05) is 6.54 Å². The summed E-state index contributed by atoms with van der Waals surface area (Å²) in [4.78, 5) is 25.9. The van der Waals surface area contributed by atoms with Crippen LogP contribution in [0.5, 0.6) is 5.75 Å². The van der Waals surface area contributed by atoms with Crippen LogP contribution in [0, 0.1) is 0 Å². The van der Waals surface area contributed by atoms with Gasteiger partial charge in [0.15, 0.2) is 5.69 Å². The highest BCUT2D eigenvalue weighted by Gasteiger charge is 2.38. The molecule has 2 aliphatic heterocycles. The summed E-state index contributed by atoms with van der Waals surface area (Å²) in [5, 5.41) is 14.7. The number of rotatable bonds is 4. The molecular weight excluding hydrogens is 393 g/mol. The molecule has 2 atom stereocenters. The smallest absolute Gasteiger partial charge is 0.272 e. The number of carbonyl (C=O) groups excluding carboxylic acids is 2. The van der Waals surface area contributed by atoms with Gasteiger partial charge < -0.3 is 15.4 Å². The Bertz CT molecular complexity index is 1140. The maximum atomic E-state index is 14.2. The first kappa shape index (κ1) is 18.3. The second kappa shape index (κ2) is 6.94. The number of nitrogens with one attached hydrogen (secondary N) is 1. The molecule has 1 aromatic carbocycles. The molecule has 154 valence electrons. The Balaban J connectivity index is 1.41. The normalized spacial score (nSPS) is 19.8. The van der Waals surface area contributed by atoms with Gasteiger partial charge in [-0.1, -0.05) is 17.3 Å². The number of benzene rings is 1. The summed E-state index contributed by atoms with van der Waals surface area (Å²) in [7, 11) is 0. The van der Waals surface area contributed by atoms with E-state index < -0.39 is 18.1 Å². The van der Waals surface area contributed by atoms with Crippen molar-refractivity contribution in [3.8, 4) is 17.0 Å². The quantitative estimate of drug-likeness (QED) is 0.656. The first-order valence-electron chi connectivity index (χ1n) is 9.45. The van der Waals surface area contributed by atoms with E-state index in [4.69, 9.17) is 10.5 Å². The summed E-state index contributed by atoms with van der Waals surface area (Å²) in [6.45, 7) is 0.362. The molecule has 4 heterocycles. The molecule has 0 aliphatic carbocycles. The predicted octanol–water partition coefficient (Wildman–Crippen LogP) is 0.912. The number of aromatic amines is 1. The van der Waals surface area contributed by atoms with E-state index in [9.17, 15) is 14.0 Å². The first-order chi connectivity index (χ1) is 14.5. The number of nitrogens with zero attached hydrogens (tertiary/aromatic N) is 5. The Kier molecular flexibility index (Phi) is 4.23. The third kappa shape index (κ3) is 2.98. The molecule has 0 spiro atoms. The first-order valence-corrected chi connectivity index (χ1v) is 9.45. The lowest BCUT2D eigenvalue weighted by Gasteiger charge is -2.24. The summed E-state index contributed by atoms with van der Waals surface area (Å²) in [6, 6.07) is 7.00. The molecule has 1 saturated heterocycles. The zero-order chi connectivity index (χ0) is 20.8. The van der Waals surface area contributed by atoms with Crippen molar-refractivity contribution >= 4 is 11.8 Å². The van der Waals surface area contributed by atoms with Crippen LogP contribution in [0.25, 0.3) is 11.3 Å². The van der Waals surface area contributed by atoms with Gasteiger partial charge in [0.1, 0.15) is 29.9 Å². The number of aromatic nitrogens is 5. The Morgan fingerprint density at radius 2 is 2.17 bits per heavy atom. The number of carbonyl (C=O) groups is 2. The van der Waals surface area contributed by atoms with Crippen LogP contribution in [0.4, 0.5) is 4.39 Å². The number of primary amides is 1. The summed E-state index contributed by atoms with van der Waals surface area (Å²) < 4.78 is 21.4. The number of hydrogen-bond acceptors (Lipinski definition) is 6. The van der Waals surface area contributed by atoms with E-state index >= 15 is 0 Å². The topological polar surface area (TPSA) is 132 Å². The minimum Gasteiger partial charge on any atom is -0.488 e. The molecule has 3 N–H and O–H groups in total. The van der Waals surface area contributed by atoms with E-state index in [1.807, 2.05) is 24.3 Å². The summed E-state index contributed by atoms with van der Waals surface area (Å²) in [5.41, 5.74) is 7.61. The van der Waals surface area contributed by atoms with Crippen molar-refractivity contribution in [2.45, 2.75) is 31.8 Å². The maximum absolute atomic E-state index is 14.2. The maximum Gasteiger partial charge on any atom is 0.272 e. The number of alkyl halides is 1. The van der Waals surface area contributed by atoms with E-state index in [1.165, 1.54) is 15.8 Å². The lowest BCUT2D eigenvalue weighted by molar-refractivity contribution is 0.0705. The predicted molar refractivity (Wildman–Crippen MR) is 101 cm³/mol. The lowest BCUT2D eigenvalue weighted by atomic mass is 10.0. The average Bonchev–Trinajstić information content (AvgIpc) is 3.46. The second-order valence-electron chi connectivity index (χ2n) is 7.34. The number of ether oxygens (including phenoxy) is 1. The van der Waals surface area contributed by atoms with Gasteiger partial charge in [0, 0.05) is 17.5 Å². The third-order valence-electron chi connectivity index (χ3n) is 5.41. The zero-order valence-electron chi connectivity index (χ0n) is 15.8. The summed E-state index contributed by atoms with van der Waals surface area (Å²) in [5.74, 6) is -0.352. The Morgan fingerprint density at radius 1 is 1.33 bits per heavy atom. The Morgan fingerprint density at radius 3 is 2.97 bits per heavy atom. The van der Waals surface area contributed by atoms with E-state index in [1.54, 1.807) is 0 Å². The number of amides is 2. The summed E-state index contributed by atoms with van der Waals surface area (Å²) >= 11 is 0. The number of fused-ring (bicyclic) bond motifs is 3. The van der Waals surface area contributed by atoms with Gasteiger partial charge in [-0.25, -0.2) is 9.07 Å². The number of likely N-dealkylation sites (tertiary alicyclic amines) is 1. The fraction of sp³-hybridized carbons (Fsp3) is 0.316. The molecule has 2 amide bonds. The van der Waals surface area contributed by atoms with E-state index in [2.05, 4.69) is 20.5 Å². The summed E-state index contributed by atoms with van der Waals surface area (Å²) in [6.07, 6.45) is 0.390. The zero-order valence-corrected chi connectivity index (χ0v) is 15.8. The van der Waals surface area contributed by atoms with Crippen molar-refractivity contribution in [3.05, 3.63) is 47.4 Å². The molecule has 2 aromatic heterocycles. The molecular formula is C19H18FN7O3. The number of nitrogens with two attached hydrogens (primary N) is 1. The van der Waals surface area contributed by atoms with Crippen molar-refractivity contribution in [2.24, 2.45) is 5.73 Å². The number of halogens is 1. The van der Waals surface area contributed by atoms with Crippen LogP contribution in [0.2, 0.25) is 0 Å². The van der Waals surface area contributed by atoms with Crippen molar-refractivity contribution in [1.82, 2.24) is 30.1 Å². The standard InChI is InChI=1S/C19H18FN7O3/c20-10-5-11(7-26-8-14(18(21)28)22-25-26)27(6-10)19(29)17-13-9-30-15-4-2-1-3-12(15)16(13)23-24-17/h1-4,8,10-11H,5-7,9H2,(H2,21,28)(H,23,24). The fourth-order valence-electron chi connectivity index (χ4n) is 3.98. The van der Waals surface area contributed by atoms with E-state index in [0.717, 1.165) is 5.56 Å². The Labute approximate surface area is 169 Å². The molecule has 11 heteroatoms. The highest BCUT2D eigenvalue weighted by Crippen LogP contribution is 2.37. The molecule has 2 aliphatic rings. The van der Waals surface area contributed by atoms with Crippen LogP contribution in [0.1, 0.15) is 33.0 Å². The van der Waals surface area contributed by atoms with Crippen LogP contribution >= 0.6 is 0 Å². The fourth-order valence-corrected chi connectivity index (χ4v) is 3.98.